The average molecular weight is 506 g/mol. The number of aliphatic hydroxyl groups is 3. The third kappa shape index (κ3) is 4.77. The van der Waals surface area contributed by atoms with Gasteiger partial charge in [-0.2, -0.15) is 31.4 Å². The summed E-state index contributed by atoms with van der Waals surface area (Å²) in [6.07, 6.45) is -12.1. The van der Waals surface area contributed by atoms with Crippen molar-refractivity contribution < 1.29 is 46.4 Å². The van der Waals surface area contributed by atoms with Crippen molar-refractivity contribution in [3.63, 3.8) is 0 Å². The van der Waals surface area contributed by atoms with Crippen molar-refractivity contribution in [2.24, 2.45) is 5.10 Å². The van der Waals surface area contributed by atoms with Crippen LogP contribution in [0.25, 0.3) is 11.2 Å². The molecule has 1 fully saturated rings. The fourth-order valence-corrected chi connectivity index (χ4v) is 3.48. The third-order valence-electron chi connectivity index (χ3n) is 5.21. The first-order valence-corrected chi connectivity index (χ1v) is 9.79. The predicted molar refractivity (Wildman–Crippen MR) is 106 cm³/mol. The monoisotopic (exact) mass is 506 g/mol. The topological polar surface area (TPSA) is 138 Å². The number of aliphatic hydroxyl groups excluding tert-OH is 3. The van der Waals surface area contributed by atoms with Gasteiger partial charge in [0.15, 0.2) is 23.2 Å². The minimum Gasteiger partial charge on any atom is -0.394 e. The van der Waals surface area contributed by atoms with Crippen LogP contribution in [0.3, 0.4) is 0 Å². The van der Waals surface area contributed by atoms with Gasteiger partial charge in [0.1, 0.15) is 24.6 Å². The molecule has 0 aliphatic carbocycles. The highest BCUT2D eigenvalue weighted by Gasteiger charge is 2.44. The van der Waals surface area contributed by atoms with E-state index >= 15 is 0 Å². The van der Waals surface area contributed by atoms with Crippen LogP contribution in [0.4, 0.5) is 32.2 Å². The SMILES string of the molecule is OC[C@H]1O[C@@H](n2cnc3c(N/N=C/c4ccc(C(F)(F)F)cc4C(F)(F)F)ncnc32)C(O)[C@H]1O. The lowest BCUT2D eigenvalue weighted by Crippen LogP contribution is -2.33. The lowest BCUT2D eigenvalue weighted by Gasteiger charge is -2.16. The van der Waals surface area contributed by atoms with Gasteiger partial charge in [-0.15, -0.1) is 0 Å². The fraction of sp³-hybridized carbons (Fsp3) is 0.368. The molecule has 0 amide bonds. The summed E-state index contributed by atoms with van der Waals surface area (Å²) in [5.74, 6) is -0.0720. The second-order valence-corrected chi connectivity index (χ2v) is 7.44. The quantitative estimate of drug-likeness (QED) is 0.234. The van der Waals surface area contributed by atoms with Crippen molar-refractivity contribution in [2.45, 2.75) is 36.9 Å². The Hall–Kier alpha value is -3.34. The Morgan fingerprint density at radius 2 is 1.80 bits per heavy atom. The number of halogens is 6. The number of nitrogens with one attached hydrogen (secondary N) is 1. The summed E-state index contributed by atoms with van der Waals surface area (Å²) in [4.78, 5) is 12.0. The van der Waals surface area contributed by atoms with Gasteiger partial charge in [-0.05, 0) is 12.1 Å². The smallest absolute Gasteiger partial charge is 0.394 e. The van der Waals surface area contributed by atoms with Crippen molar-refractivity contribution in [2.75, 3.05) is 12.0 Å². The Kier molecular flexibility index (Phi) is 6.39. The molecule has 1 unspecified atom stereocenters. The van der Waals surface area contributed by atoms with E-state index in [1.54, 1.807) is 0 Å². The first-order valence-electron chi connectivity index (χ1n) is 9.79. The van der Waals surface area contributed by atoms with Crippen LogP contribution in [0.2, 0.25) is 0 Å². The zero-order valence-corrected chi connectivity index (χ0v) is 17.2. The van der Waals surface area contributed by atoms with Crippen LogP contribution in [-0.2, 0) is 17.1 Å². The molecule has 0 spiro atoms. The zero-order valence-electron chi connectivity index (χ0n) is 17.2. The Morgan fingerprint density at radius 3 is 2.43 bits per heavy atom. The van der Waals surface area contributed by atoms with Crippen LogP contribution < -0.4 is 5.43 Å². The number of imidazole rings is 1. The number of benzene rings is 1. The first kappa shape index (κ1) is 24.8. The van der Waals surface area contributed by atoms with E-state index in [2.05, 4.69) is 25.5 Å². The van der Waals surface area contributed by atoms with Gasteiger partial charge in [0, 0.05) is 5.56 Å². The number of anilines is 1. The highest BCUT2D eigenvalue weighted by Crippen LogP contribution is 2.37. The largest absolute Gasteiger partial charge is 0.417 e. The Labute approximate surface area is 191 Å². The van der Waals surface area contributed by atoms with E-state index < -0.39 is 60.2 Å². The summed E-state index contributed by atoms with van der Waals surface area (Å²) < 4.78 is 85.0. The molecule has 2 aromatic heterocycles. The van der Waals surface area contributed by atoms with E-state index in [1.165, 1.54) is 10.9 Å². The molecule has 1 saturated heterocycles. The van der Waals surface area contributed by atoms with Crippen molar-refractivity contribution in [1.29, 1.82) is 0 Å². The molecule has 1 aromatic carbocycles. The minimum absolute atomic E-state index is 0.00705. The third-order valence-corrected chi connectivity index (χ3v) is 5.21. The molecular formula is C19H16F6N6O4. The predicted octanol–water partition coefficient (Wildman–Crippen LogP) is 1.92. The molecule has 4 rings (SSSR count). The maximum atomic E-state index is 13.3. The maximum Gasteiger partial charge on any atom is 0.417 e. The summed E-state index contributed by atoms with van der Waals surface area (Å²) in [5, 5.41) is 33.0. The molecule has 0 bridgehead atoms. The first-order chi connectivity index (χ1) is 16.4. The van der Waals surface area contributed by atoms with E-state index in [0.717, 1.165) is 6.33 Å². The highest BCUT2D eigenvalue weighted by atomic mass is 19.4. The lowest BCUT2D eigenvalue weighted by atomic mass is 10.0. The van der Waals surface area contributed by atoms with Crippen molar-refractivity contribution in [3.8, 4) is 0 Å². The number of rotatable bonds is 5. The number of alkyl halides is 6. The van der Waals surface area contributed by atoms with Gasteiger partial charge >= 0.3 is 12.4 Å². The molecule has 16 heteroatoms. The average Bonchev–Trinajstić information content (AvgIpc) is 3.34. The molecule has 188 valence electrons. The Bertz CT molecular complexity index is 1250. The number of nitrogens with zero attached hydrogens (tertiary/aromatic N) is 5. The molecule has 10 nitrogen and oxygen atoms in total. The molecule has 4 N–H and O–H groups in total. The van der Waals surface area contributed by atoms with Crippen LogP contribution in [0.15, 0.2) is 36.0 Å². The number of hydrazone groups is 1. The number of fused-ring (bicyclic) bond motifs is 1. The van der Waals surface area contributed by atoms with E-state index in [0.29, 0.717) is 18.3 Å². The van der Waals surface area contributed by atoms with Gasteiger partial charge in [-0.25, -0.2) is 15.0 Å². The zero-order chi connectivity index (χ0) is 25.5. The molecule has 35 heavy (non-hydrogen) atoms. The van der Waals surface area contributed by atoms with E-state index in [4.69, 9.17) is 4.74 Å². The summed E-state index contributed by atoms with van der Waals surface area (Å²) >= 11 is 0. The van der Waals surface area contributed by atoms with E-state index in [9.17, 15) is 41.7 Å². The van der Waals surface area contributed by atoms with Crippen LogP contribution in [0, 0.1) is 0 Å². The number of hydrogen-bond donors (Lipinski definition) is 4. The second-order valence-electron chi connectivity index (χ2n) is 7.44. The Balaban J connectivity index is 1.61. The summed E-state index contributed by atoms with van der Waals surface area (Å²) in [6.45, 7) is -0.554. The van der Waals surface area contributed by atoms with Gasteiger partial charge in [0.05, 0.1) is 30.3 Å². The number of aromatic nitrogens is 4. The molecule has 3 heterocycles. The maximum absolute atomic E-state index is 13.3. The fourth-order valence-electron chi connectivity index (χ4n) is 3.48. The Morgan fingerprint density at radius 1 is 1.06 bits per heavy atom. The second kappa shape index (κ2) is 9.03. The molecule has 0 radical (unpaired) electrons. The minimum atomic E-state index is -5.07. The summed E-state index contributed by atoms with van der Waals surface area (Å²) in [5.41, 5.74) is -1.09. The standard InChI is InChI=1S/C19H16F6N6O4/c20-18(21,22)9-2-1-8(10(3-9)19(23,24)25)4-29-30-15-12-16(27-6-26-15)31(7-28-12)17-14(34)13(33)11(5-32)35-17/h1-4,6-7,11,13-14,17,32-34H,5H2,(H,26,27,30)/b29-4+/t11-,13+,14?,17-/m1/s1. The molecule has 0 saturated carbocycles. The molecule has 3 aromatic rings. The normalized spacial score (nSPS) is 23.5. The number of ether oxygens (including phenoxy) is 1. The van der Waals surface area contributed by atoms with Gasteiger partial charge < -0.3 is 20.1 Å². The van der Waals surface area contributed by atoms with Gasteiger partial charge in [-0.1, -0.05) is 6.07 Å². The number of hydrogen-bond acceptors (Lipinski definition) is 9. The van der Waals surface area contributed by atoms with Crippen molar-refractivity contribution >= 4 is 23.2 Å². The van der Waals surface area contributed by atoms with Gasteiger partial charge in [-0.3, -0.25) is 9.99 Å². The van der Waals surface area contributed by atoms with Gasteiger partial charge in [0.2, 0.25) is 0 Å². The molecular weight excluding hydrogens is 490 g/mol. The highest BCUT2D eigenvalue weighted by molar-refractivity contribution is 5.85. The lowest BCUT2D eigenvalue weighted by molar-refractivity contribution is -0.143. The molecule has 4 atom stereocenters. The van der Waals surface area contributed by atoms with E-state index in [-0.39, 0.29) is 23.0 Å². The molecule has 1 aliphatic rings. The van der Waals surface area contributed by atoms with Crippen LogP contribution in [0.1, 0.15) is 22.9 Å². The van der Waals surface area contributed by atoms with Crippen LogP contribution in [0.5, 0.6) is 0 Å². The van der Waals surface area contributed by atoms with Crippen molar-refractivity contribution in [1.82, 2.24) is 19.5 Å². The van der Waals surface area contributed by atoms with Crippen LogP contribution in [-0.4, -0.2) is 66.0 Å². The molecule has 1 aliphatic heterocycles. The van der Waals surface area contributed by atoms with Crippen LogP contribution >= 0.6 is 0 Å². The summed E-state index contributed by atoms with van der Waals surface area (Å²) in [6, 6.07) is 1.14. The van der Waals surface area contributed by atoms with E-state index in [1.807, 2.05) is 0 Å². The van der Waals surface area contributed by atoms with Crippen molar-refractivity contribution in [3.05, 3.63) is 47.5 Å². The van der Waals surface area contributed by atoms with Gasteiger partial charge in [0.25, 0.3) is 0 Å². The summed E-state index contributed by atoms with van der Waals surface area (Å²) in [7, 11) is 0.